The van der Waals surface area contributed by atoms with Crippen molar-refractivity contribution in [3.05, 3.63) is 65.9 Å². The fraction of sp³-hybridized carbons (Fsp3) is 0.105. The summed E-state index contributed by atoms with van der Waals surface area (Å²) in [6.45, 7) is 0.600. The number of anilines is 1. The number of hydrogen-bond donors (Lipinski definition) is 1. The molecule has 4 aromatic rings. The fourth-order valence-electron chi connectivity index (χ4n) is 2.96. The molecule has 2 aromatic carbocycles. The van der Waals surface area contributed by atoms with E-state index in [4.69, 9.17) is 0 Å². The van der Waals surface area contributed by atoms with Gasteiger partial charge in [-0.05, 0) is 22.6 Å². The second-order valence-electron chi connectivity index (χ2n) is 5.55. The Balaban J connectivity index is 1.78. The smallest absolute Gasteiger partial charge is 0.158 e. The SMILES string of the molecule is CSc1nc2ccnn2c(NCc2cccc3ccccc23)c1C#N. The molecule has 2 heterocycles. The van der Waals surface area contributed by atoms with Gasteiger partial charge < -0.3 is 5.32 Å². The molecule has 0 saturated carbocycles. The molecular formula is C19H15N5S. The van der Waals surface area contributed by atoms with Gasteiger partial charge in [-0.1, -0.05) is 42.5 Å². The number of aromatic nitrogens is 3. The topological polar surface area (TPSA) is 66.0 Å². The van der Waals surface area contributed by atoms with Crippen LogP contribution < -0.4 is 5.32 Å². The van der Waals surface area contributed by atoms with Crippen LogP contribution in [0.3, 0.4) is 0 Å². The van der Waals surface area contributed by atoms with Crippen molar-refractivity contribution >= 4 is 34.0 Å². The monoisotopic (exact) mass is 345 g/mol. The molecule has 0 bridgehead atoms. The van der Waals surface area contributed by atoms with Crippen LogP contribution in [0.2, 0.25) is 0 Å². The van der Waals surface area contributed by atoms with Crippen LogP contribution >= 0.6 is 11.8 Å². The maximum absolute atomic E-state index is 9.61. The van der Waals surface area contributed by atoms with Crippen molar-refractivity contribution in [2.45, 2.75) is 11.6 Å². The van der Waals surface area contributed by atoms with E-state index < -0.39 is 0 Å². The van der Waals surface area contributed by atoms with Crippen LogP contribution in [-0.4, -0.2) is 20.9 Å². The Bertz CT molecular complexity index is 1100. The van der Waals surface area contributed by atoms with Crippen molar-refractivity contribution in [1.29, 1.82) is 5.26 Å². The second-order valence-corrected chi connectivity index (χ2v) is 6.34. The fourth-order valence-corrected chi connectivity index (χ4v) is 3.49. The molecule has 0 amide bonds. The molecule has 25 heavy (non-hydrogen) atoms. The van der Waals surface area contributed by atoms with Gasteiger partial charge in [0.25, 0.3) is 0 Å². The van der Waals surface area contributed by atoms with Gasteiger partial charge in [-0.15, -0.1) is 11.8 Å². The van der Waals surface area contributed by atoms with E-state index in [1.165, 1.54) is 28.1 Å². The highest BCUT2D eigenvalue weighted by molar-refractivity contribution is 7.98. The number of nitrogens with one attached hydrogen (secondary N) is 1. The van der Waals surface area contributed by atoms with Gasteiger partial charge in [0.15, 0.2) is 11.5 Å². The molecule has 0 aliphatic heterocycles. The zero-order valence-corrected chi connectivity index (χ0v) is 14.4. The van der Waals surface area contributed by atoms with Gasteiger partial charge in [-0.25, -0.2) is 4.98 Å². The molecule has 0 aliphatic carbocycles. The first-order valence-corrected chi connectivity index (χ1v) is 9.06. The normalized spacial score (nSPS) is 10.9. The number of rotatable bonds is 4. The van der Waals surface area contributed by atoms with Gasteiger partial charge in [0.2, 0.25) is 0 Å². The summed E-state index contributed by atoms with van der Waals surface area (Å²) in [5.74, 6) is 0.676. The van der Waals surface area contributed by atoms with Crippen LogP contribution in [0.1, 0.15) is 11.1 Å². The van der Waals surface area contributed by atoms with Crippen LogP contribution in [-0.2, 0) is 6.54 Å². The molecule has 6 heteroatoms. The van der Waals surface area contributed by atoms with E-state index in [1.807, 2.05) is 30.5 Å². The van der Waals surface area contributed by atoms with E-state index in [9.17, 15) is 5.26 Å². The average Bonchev–Trinajstić information content (AvgIpc) is 3.13. The first kappa shape index (κ1) is 15.5. The van der Waals surface area contributed by atoms with Crippen molar-refractivity contribution in [2.24, 2.45) is 0 Å². The minimum Gasteiger partial charge on any atom is -0.365 e. The Labute approximate surface area is 149 Å². The van der Waals surface area contributed by atoms with Gasteiger partial charge in [-0.2, -0.15) is 14.9 Å². The molecule has 0 aliphatic rings. The lowest BCUT2D eigenvalue weighted by atomic mass is 10.0. The molecule has 1 N–H and O–H groups in total. The van der Waals surface area contributed by atoms with E-state index in [1.54, 1.807) is 10.7 Å². The van der Waals surface area contributed by atoms with Gasteiger partial charge in [-0.3, -0.25) is 0 Å². The van der Waals surface area contributed by atoms with Crippen LogP contribution in [0, 0.1) is 11.3 Å². The zero-order chi connectivity index (χ0) is 17.2. The Morgan fingerprint density at radius 3 is 2.84 bits per heavy atom. The molecule has 122 valence electrons. The highest BCUT2D eigenvalue weighted by atomic mass is 32.2. The van der Waals surface area contributed by atoms with E-state index in [0.717, 1.165) is 5.65 Å². The maximum atomic E-state index is 9.61. The quantitative estimate of drug-likeness (QED) is 0.446. The highest BCUT2D eigenvalue weighted by Crippen LogP contribution is 2.27. The molecule has 0 radical (unpaired) electrons. The molecule has 2 aromatic heterocycles. The predicted molar refractivity (Wildman–Crippen MR) is 101 cm³/mol. The molecule has 0 atom stereocenters. The molecule has 0 saturated heterocycles. The summed E-state index contributed by atoms with van der Waals surface area (Å²) in [5, 5.41) is 20.4. The number of nitriles is 1. The van der Waals surface area contributed by atoms with Crippen molar-refractivity contribution in [3.8, 4) is 6.07 Å². The molecule has 0 spiro atoms. The largest absolute Gasteiger partial charge is 0.365 e. The summed E-state index contributed by atoms with van der Waals surface area (Å²) in [6.07, 6.45) is 3.61. The van der Waals surface area contributed by atoms with Gasteiger partial charge >= 0.3 is 0 Å². The van der Waals surface area contributed by atoms with Crippen molar-refractivity contribution in [3.63, 3.8) is 0 Å². The van der Waals surface area contributed by atoms with E-state index in [2.05, 4.69) is 45.7 Å². The Hall–Kier alpha value is -3.04. The van der Waals surface area contributed by atoms with Crippen LogP contribution in [0.4, 0.5) is 5.82 Å². The van der Waals surface area contributed by atoms with E-state index in [0.29, 0.717) is 23.0 Å². The number of benzene rings is 2. The maximum Gasteiger partial charge on any atom is 0.158 e. The third-order valence-corrected chi connectivity index (χ3v) is 4.81. The van der Waals surface area contributed by atoms with Crippen molar-refractivity contribution in [2.75, 3.05) is 11.6 Å². The first-order valence-electron chi connectivity index (χ1n) is 7.84. The second kappa shape index (κ2) is 6.46. The Kier molecular flexibility index (Phi) is 4.00. The zero-order valence-electron chi connectivity index (χ0n) is 13.6. The standard InChI is InChI=1S/C19H15N5S/c1-25-19-16(11-20)18(24-17(23-19)9-10-22-24)21-12-14-7-4-6-13-5-2-3-8-15(13)14/h2-10,21H,12H2,1H3. The first-order chi connectivity index (χ1) is 12.3. The van der Waals surface area contributed by atoms with E-state index in [-0.39, 0.29) is 0 Å². The average molecular weight is 345 g/mol. The predicted octanol–water partition coefficient (Wildman–Crippen LogP) is 4.09. The molecule has 0 fully saturated rings. The lowest BCUT2D eigenvalue weighted by molar-refractivity contribution is 0.898. The van der Waals surface area contributed by atoms with Gasteiger partial charge in [0.1, 0.15) is 16.7 Å². The third-order valence-electron chi connectivity index (χ3n) is 4.13. The molecule has 4 rings (SSSR count). The highest BCUT2D eigenvalue weighted by Gasteiger charge is 2.15. The molecular weight excluding hydrogens is 330 g/mol. The van der Waals surface area contributed by atoms with Crippen molar-refractivity contribution in [1.82, 2.24) is 14.6 Å². The van der Waals surface area contributed by atoms with Crippen molar-refractivity contribution < 1.29 is 0 Å². The summed E-state index contributed by atoms with van der Waals surface area (Å²) in [5.41, 5.74) is 2.41. The third kappa shape index (κ3) is 2.69. The minimum absolute atomic E-state index is 0.518. The number of thioether (sulfide) groups is 1. The minimum atomic E-state index is 0.518. The van der Waals surface area contributed by atoms with E-state index >= 15 is 0 Å². The summed E-state index contributed by atoms with van der Waals surface area (Å²) in [6, 6.07) is 18.6. The Morgan fingerprint density at radius 1 is 1.16 bits per heavy atom. The summed E-state index contributed by atoms with van der Waals surface area (Å²) < 4.78 is 1.68. The van der Waals surface area contributed by atoms with Crippen LogP contribution in [0.15, 0.2) is 59.8 Å². The van der Waals surface area contributed by atoms with Gasteiger partial charge in [0, 0.05) is 12.6 Å². The van der Waals surface area contributed by atoms with Crippen LogP contribution in [0.5, 0.6) is 0 Å². The number of fused-ring (bicyclic) bond motifs is 2. The lowest BCUT2D eigenvalue weighted by Gasteiger charge is -2.13. The van der Waals surface area contributed by atoms with Crippen LogP contribution in [0.25, 0.3) is 16.4 Å². The van der Waals surface area contributed by atoms with Gasteiger partial charge in [0.05, 0.1) is 6.20 Å². The summed E-state index contributed by atoms with van der Waals surface area (Å²) >= 11 is 1.46. The lowest BCUT2D eigenvalue weighted by Crippen LogP contribution is -2.10. The molecule has 0 unspecified atom stereocenters. The number of nitrogens with zero attached hydrogens (tertiary/aromatic N) is 4. The summed E-state index contributed by atoms with van der Waals surface area (Å²) in [4.78, 5) is 4.49. The Morgan fingerprint density at radius 2 is 2.00 bits per heavy atom. The number of hydrogen-bond acceptors (Lipinski definition) is 5. The summed E-state index contributed by atoms with van der Waals surface area (Å²) in [7, 11) is 0. The molecule has 5 nitrogen and oxygen atoms in total.